The molecule has 1 saturated carbocycles. The molecule has 7 heteroatoms. The highest BCUT2D eigenvalue weighted by molar-refractivity contribution is 5.96. The molecule has 4 atom stereocenters. The maximum Gasteiger partial charge on any atom is 0.247 e. The van der Waals surface area contributed by atoms with Crippen molar-refractivity contribution in [1.29, 1.82) is 0 Å². The number of aliphatic hydroxyl groups is 2. The summed E-state index contributed by atoms with van der Waals surface area (Å²) in [7, 11) is 0. The van der Waals surface area contributed by atoms with Gasteiger partial charge in [-0.25, -0.2) is 0 Å². The second-order valence-corrected chi connectivity index (χ2v) is 9.08. The highest BCUT2D eigenvalue weighted by Gasteiger charge is 2.50. The molecule has 2 aliphatic carbocycles. The molecule has 32 heavy (non-hydrogen) atoms. The van der Waals surface area contributed by atoms with Gasteiger partial charge in [-0.2, -0.15) is 0 Å². The molecule has 3 aliphatic rings. The summed E-state index contributed by atoms with van der Waals surface area (Å²) in [5.41, 5.74) is 1.35. The van der Waals surface area contributed by atoms with Crippen molar-refractivity contribution in [3.8, 4) is 5.75 Å². The van der Waals surface area contributed by atoms with Crippen LogP contribution in [0.3, 0.4) is 0 Å². The number of ether oxygens (including phenoxy) is 1. The number of aliphatic hydroxyl groups excluding tert-OH is 2. The van der Waals surface area contributed by atoms with Gasteiger partial charge in [-0.3, -0.25) is 9.59 Å². The molecule has 4 unspecified atom stereocenters. The number of nitrogens with zero attached hydrogens (tertiary/aromatic N) is 1. The monoisotopic (exact) mass is 442 g/mol. The smallest absolute Gasteiger partial charge is 0.247 e. The van der Waals surface area contributed by atoms with Crippen LogP contribution >= 0.6 is 0 Å². The van der Waals surface area contributed by atoms with Crippen molar-refractivity contribution in [1.82, 2.24) is 10.2 Å². The minimum atomic E-state index is -0.944. The number of hydrogen-bond acceptors (Lipinski definition) is 5. The van der Waals surface area contributed by atoms with Crippen LogP contribution in [0.2, 0.25) is 0 Å². The number of amides is 2. The van der Waals surface area contributed by atoms with E-state index in [-0.39, 0.29) is 25.0 Å². The molecule has 2 amide bonds. The van der Waals surface area contributed by atoms with Crippen LogP contribution in [0.1, 0.15) is 56.9 Å². The first kappa shape index (κ1) is 22.8. The minimum absolute atomic E-state index is 0.0278. The van der Waals surface area contributed by atoms with Gasteiger partial charge in [-0.05, 0) is 30.9 Å². The molecule has 0 bridgehead atoms. The lowest BCUT2D eigenvalue weighted by atomic mass is 9.77. The average Bonchev–Trinajstić information content (AvgIpc) is 3.22. The maximum atomic E-state index is 13.1. The summed E-state index contributed by atoms with van der Waals surface area (Å²) in [6.07, 6.45) is 6.24. The van der Waals surface area contributed by atoms with Gasteiger partial charge in [0.25, 0.3) is 0 Å². The lowest BCUT2D eigenvalue weighted by Crippen LogP contribution is -2.56. The van der Waals surface area contributed by atoms with Crippen molar-refractivity contribution in [2.45, 2.75) is 69.6 Å². The fourth-order valence-corrected chi connectivity index (χ4v) is 5.43. The number of fused-ring (bicyclic) bond motifs is 3. The Bertz CT molecular complexity index is 864. The van der Waals surface area contributed by atoms with Gasteiger partial charge in [0.15, 0.2) is 0 Å². The van der Waals surface area contributed by atoms with E-state index in [0.29, 0.717) is 30.2 Å². The van der Waals surface area contributed by atoms with Gasteiger partial charge in [0, 0.05) is 30.6 Å². The third-order valence-corrected chi connectivity index (χ3v) is 7.04. The van der Waals surface area contributed by atoms with E-state index >= 15 is 0 Å². The summed E-state index contributed by atoms with van der Waals surface area (Å²) in [6.45, 7) is 2.40. The quantitative estimate of drug-likeness (QED) is 0.601. The summed E-state index contributed by atoms with van der Waals surface area (Å²) < 4.78 is 6.13. The highest BCUT2D eigenvalue weighted by Crippen LogP contribution is 2.47. The Hall–Kier alpha value is -2.38. The van der Waals surface area contributed by atoms with Crippen LogP contribution in [0.4, 0.5) is 0 Å². The largest absolute Gasteiger partial charge is 0.486 e. The van der Waals surface area contributed by atoms with Crippen molar-refractivity contribution in [3.63, 3.8) is 0 Å². The van der Waals surface area contributed by atoms with Crippen LogP contribution in [-0.4, -0.2) is 64.9 Å². The number of para-hydroxylation sites is 1. The van der Waals surface area contributed by atoms with Gasteiger partial charge in [0.05, 0.1) is 18.6 Å². The molecular weight excluding hydrogens is 408 g/mol. The number of carbonyl (C=O) groups is 2. The maximum absolute atomic E-state index is 13.1. The van der Waals surface area contributed by atoms with Gasteiger partial charge >= 0.3 is 0 Å². The van der Waals surface area contributed by atoms with Gasteiger partial charge < -0.3 is 25.2 Å². The molecule has 1 aromatic carbocycles. The number of nitrogens with one attached hydrogen (secondary N) is 1. The molecule has 1 aromatic rings. The van der Waals surface area contributed by atoms with Crippen LogP contribution in [0.25, 0.3) is 0 Å². The zero-order chi connectivity index (χ0) is 22.7. The second-order valence-electron chi connectivity index (χ2n) is 9.08. The van der Waals surface area contributed by atoms with Crippen molar-refractivity contribution < 1.29 is 24.5 Å². The standard InChI is InChI=1S/C25H34N2O5/c1-2-21(29)27(15-16-8-4-3-5-9-16)19-14-18(25(31)26-12-13-28)22-17-10-6-7-11-20(17)32-24(22)23(19)30/h6-7,10-11,14,16,19,22-24,28,30H,2-5,8-9,12-13,15H2,1H3,(H,26,31). The predicted molar refractivity (Wildman–Crippen MR) is 120 cm³/mol. The fraction of sp³-hybridized carbons (Fsp3) is 0.600. The third-order valence-electron chi connectivity index (χ3n) is 7.04. The molecule has 0 radical (unpaired) electrons. The molecule has 3 N–H and O–H groups in total. The summed E-state index contributed by atoms with van der Waals surface area (Å²) in [5.74, 6) is 0.326. The average molecular weight is 443 g/mol. The van der Waals surface area contributed by atoms with Crippen molar-refractivity contribution in [3.05, 3.63) is 41.5 Å². The first-order valence-electron chi connectivity index (χ1n) is 11.9. The predicted octanol–water partition coefficient (Wildman–Crippen LogP) is 2.13. The molecule has 1 fully saturated rings. The fourth-order valence-electron chi connectivity index (χ4n) is 5.43. The Morgan fingerprint density at radius 2 is 1.94 bits per heavy atom. The molecule has 0 spiro atoms. The Balaban J connectivity index is 1.70. The Morgan fingerprint density at radius 1 is 1.19 bits per heavy atom. The topological polar surface area (TPSA) is 99.1 Å². The highest BCUT2D eigenvalue weighted by atomic mass is 16.5. The number of benzene rings is 1. The number of carbonyl (C=O) groups excluding carboxylic acids is 2. The summed E-state index contributed by atoms with van der Waals surface area (Å²) in [5, 5.41) is 23.3. The van der Waals surface area contributed by atoms with Crippen molar-refractivity contribution in [2.75, 3.05) is 19.7 Å². The molecular formula is C25H34N2O5. The SMILES string of the molecule is CCC(=O)N(CC1CCCCC1)C1C=C(C(=O)NCCO)C2c3ccccc3OC2C1O. The lowest BCUT2D eigenvalue weighted by Gasteiger charge is -2.42. The van der Waals surface area contributed by atoms with Crippen LogP contribution < -0.4 is 10.1 Å². The zero-order valence-corrected chi connectivity index (χ0v) is 18.7. The molecule has 1 heterocycles. The first-order chi connectivity index (χ1) is 15.5. The van der Waals surface area contributed by atoms with E-state index in [1.54, 1.807) is 11.0 Å². The van der Waals surface area contributed by atoms with E-state index in [0.717, 1.165) is 18.4 Å². The zero-order valence-electron chi connectivity index (χ0n) is 18.7. The third kappa shape index (κ3) is 4.41. The summed E-state index contributed by atoms with van der Waals surface area (Å²) in [4.78, 5) is 27.8. The van der Waals surface area contributed by atoms with Crippen LogP contribution in [0.5, 0.6) is 5.75 Å². The Labute approximate surface area is 189 Å². The van der Waals surface area contributed by atoms with Crippen molar-refractivity contribution in [2.24, 2.45) is 5.92 Å². The van der Waals surface area contributed by atoms with Gasteiger partial charge in [0.1, 0.15) is 18.0 Å². The van der Waals surface area contributed by atoms with Gasteiger partial charge in [-0.15, -0.1) is 0 Å². The molecule has 1 aliphatic heterocycles. The molecule has 174 valence electrons. The van der Waals surface area contributed by atoms with Crippen LogP contribution in [0, 0.1) is 5.92 Å². The molecule has 7 nitrogen and oxygen atoms in total. The van der Waals surface area contributed by atoms with Crippen LogP contribution in [-0.2, 0) is 9.59 Å². The molecule has 0 aromatic heterocycles. The first-order valence-corrected chi connectivity index (χ1v) is 11.9. The van der Waals surface area contributed by atoms with E-state index in [1.165, 1.54) is 19.3 Å². The van der Waals surface area contributed by atoms with E-state index in [1.807, 2.05) is 31.2 Å². The Morgan fingerprint density at radius 3 is 2.66 bits per heavy atom. The molecule has 4 rings (SSSR count). The Kier molecular flexibility index (Phi) is 7.16. The normalized spacial score (nSPS) is 27.0. The lowest BCUT2D eigenvalue weighted by molar-refractivity contribution is -0.138. The summed E-state index contributed by atoms with van der Waals surface area (Å²) >= 11 is 0. The second kappa shape index (κ2) is 10.0. The van der Waals surface area contributed by atoms with Gasteiger partial charge in [-0.1, -0.05) is 44.4 Å². The van der Waals surface area contributed by atoms with E-state index in [2.05, 4.69) is 5.32 Å². The molecule has 0 saturated heterocycles. The number of hydrogen-bond donors (Lipinski definition) is 3. The van der Waals surface area contributed by atoms with Gasteiger partial charge in [0.2, 0.25) is 11.8 Å². The summed E-state index contributed by atoms with van der Waals surface area (Å²) in [6, 6.07) is 6.88. The minimum Gasteiger partial charge on any atom is -0.486 e. The van der Waals surface area contributed by atoms with E-state index < -0.39 is 24.2 Å². The van der Waals surface area contributed by atoms with Crippen LogP contribution in [0.15, 0.2) is 35.9 Å². The van der Waals surface area contributed by atoms with Crippen molar-refractivity contribution >= 4 is 11.8 Å². The van der Waals surface area contributed by atoms with E-state index in [4.69, 9.17) is 4.74 Å². The number of rotatable bonds is 7. The van der Waals surface area contributed by atoms with E-state index in [9.17, 15) is 19.8 Å².